The van der Waals surface area contributed by atoms with Gasteiger partial charge in [0, 0.05) is 5.56 Å². The van der Waals surface area contributed by atoms with Crippen LogP contribution in [-0.4, -0.2) is 10.9 Å². The van der Waals surface area contributed by atoms with Crippen LogP contribution in [0.3, 0.4) is 0 Å². The smallest absolute Gasteiger partial charge is 0.352 e. The minimum Gasteiger partial charge on any atom is -0.352 e. The summed E-state index contributed by atoms with van der Waals surface area (Å²) in [5.74, 6) is -1.80. The Morgan fingerprint density at radius 2 is 1.89 bits per heavy atom. The number of alkyl halides is 3. The van der Waals surface area contributed by atoms with E-state index in [1.165, 1.54) is 24.3 Å². The SMILES string of the molecule is N#Cc1ccc(C(=O)c2oncc2C(F)(F)F)cc1. The quantitative estimate of drug-likeness (QED) is 0.784. The topological polar surface area (TPSA) is 66.9 Å². The summed E-state index contributed by atoms with van der Waals surface area (Å²) < 4.78 is 42.1. The van der Waals surface area contributed by atoms with Gasteiger partial charge >= 0.3 is 6.18 Å². The van der Waals surface area contributed by atoms with Crippen LogP contribution in [0.15, 0.2) is 35.0 Å². The Morgan fingerprint density at radius 3 is 2.42 bits per heavy atom. The van der Waals surface area contributed by atoms with E-state index in [-0.39, 0.29) is 5.56 Å². The summed E-state index contributed by atoms with van der Waals surface area (Å²) in [6, 6.07) is 7.00. The van der Waals surface area contributed by atoms with Gasteiger partial charge in [-0.25, -0.2) is 0 Å². The monoisotopic (exact) mass is 266 g/mol. The molecule has 19 heavy (non-hydrogen) atoms. The molecular formula is C12H5F3N2O2. The average Bonchev–Trinajstić information content (AvgIpc) is 2.87. The minimum absolute atomic E-state index is 0.0127. The molecule has 0 unspecified atom stereocenters. The summed E-state index contributed by atoms with van der Waals surface area (Å²) in [4.78, 5) is 11.9. The zero-order valence-corrected chi connectivity index (χ0v) is 9.23. The number of nitriles is 1. The zero-order valence-electron chi connectivity index (χ0n) is 9.23. The fourth-order valence-corrected chi connectivity index (χ4v) is 1.43. The highest BCUT2D eigenvalue weighted by molar-refractivity contribution is 6.08. The lowest BCUT2D eigenvalue weighted by Crippen LogP contribution is -2.11. The van der Waals surface area contributed by atoms with Crippen molar-refractivity contribution < 1.29 is 22.5 Å². The van der Waals surface area contributed by atoms with E-state index < -0.39 is 23.3 Å². The van der Waals surface area contributed by atoms with Crippen LogP contribution < -0.4 is 0 Å². The largest absolute Gasteiger partial charge is 0.421 e. The van der Waals surface area contributed by atoms with Gasteiger partial charge in [0.25, 0.3) is 0 Å². The number of halogens is 3. The highest BCUT2D eigenvalue weighted by Gasteiger charge is 2.39. The van der Waals surface area contributed by atoms with Crippen molar-refractivity contribution >= 4 is 5.78 Å². The van der Waals surface area contributed by atoms with Crippen molar-refractivity contribution in [2.45, 2.75) is 6.18 Å². The Labute approximate surface area is 105 Å². The van der Waals surface area contributed by atoms with E-state index in [9.17, 15) is 18.0 Å². The molecule has 7 heteroatoms. The van der Waals surface area contributed by atoms with Crippen molar-refractivity contribution in [1.29, 1.82) is 5.26 Å². The van der Waals surface area contributed by atoms with Gasteiger partial charge in [0.15, 0.2) is 0 Å². The van der Waals surface area contributed by atoms with E-state index in [1.54, 1.807) is 0 Å². The van der Waals surface area contributed by atoms with E-state index >= 15 is 0 Å². The lowest BCUT2D eigenvalue weighted by molar-refractivity contribution is -0.138. The molecule has 0 fully saturated rings. The van der Waals surface area contributed by atoms with E-state index in [2.05, 4.69) is 9.68 Å². The Bertz CT molecular complexity index is 651. The number of hydrogen-bond donors (Lipinski definition) is 0. The Kier molecular flexibility index (Phi) is 3.09. The minimum atomic E-state index is -4.71. The number of hydrogen-bond acceptors (Lipinski definition) is 4. The molecule has 96 valence electrons. The number of carbonyl (C=O) groups excluding carboxylic acids is 1. The van der Waals surface area contributed by atoms with Crippen LogP contribution in [0.5, 0.6) is 0 Å². The molecule has 0 amide bonds. The Morgan fingerprint density at radius 1 is 1.26 bits per heavy atom. The molecular weight excluding hydrogens is 261 g/mol. The number of benzene rings is 1. The maximum absolute atomic E-state index is 12.6. The molecule has 0 aliphatic rings. The van der Waals surface area contributed by atoms with Crippen LogP contribution in [0, 0.1) is 11.3 Å². The number of nitrogens with zero attached hydrogens (tertiary/aromatic N) is 2. The van der Waals surface area contributed by atoms with E-state index in [0.29, 0.717) is 11.8 Å². The van der Waals surface area contributed by atoms with E-state index in [0.717, 1.165) is 0 Å². The van der Waals surface area contributed by atoms with Gasteiger partial charge in [-0.05, 0) is 24.3 Å². The first-order chi connectivity index (χ1) is 8.93. The second-order valence-electron chi connectivity index (χ2n) is 3.58. The first kappa shape index (κ1) is 12.8. The molecule has 0 radical (unpaired) electrons. The fraction of sp³-hybridized carbons (Fsp3) is 0.0833. The molecule has 0 saturated heterocycles. The Balaban J connectivity index is 2.40. The van der Waals surface area contributed by atoms with Crippen molar-refractivity contribution in [3.8, 4) is 6.07 Å². The summed E-state index contributed by atoms with van der Waals surface area (Å²) in [5.41, 5.74) is -0.937. The lowest BCUT2D eigenvalue weighted by atomic mass is 10.0. The second kappa shape index (κ2) is 4.57. The molecule has 1 aromatic carbocycles. The molecule has 2 rings (SSSR count). The van der Waals surface area contributed by atoms with E-state index in [4.69, 9.17) is 5.26 Å². The maximum Gasteiger partial charge on any atom is 0.421 e. The molecule has 2 aromatic rings. The Hall–Kier alpha value is -2.62. The van der Waals surface area contributed by atoms with Gasteiger partial charge in [0.2, 0.25) is 11.5 Å². The summed E-state index contributed by atoms with van der Waals surface area (Å²) in [7, 11) is 0. The predicted molar refractivity (Wildman–Crippen MR) is 56.1 cm³/mol. The van der Waals surface area contributed by atoms with Gasteiger partial charge in [-0.1, -0.05) is 5.16 Å². The predicted octanol–water partition coefficient (Wildman–Crippen LogP) is 2.80. The van der Waals surface area contributed by atoms with Crippen LogP contribution >= 0.6 is 0 Å². The van der Waals surface area contributed by atoms with Crippen molar-refractivity contribution in [2.75, 3.05) is 0 Å². The van der Waals surface area contributed by atoms with Crippen LogP contribution in [0.25, 0.3) is 0 Å². The first-order valence-corrected chi connectivity index (χ1v) is 5.00. The van der Waals surface area contributed by atoms with Crippen molar-refractivity contribution in [2.24, 2.45) is 0 Å². The van der Waals surface area contributed by atoms with Gasteiger partial charge in [0.1, 0.15) is 5.56 Å². The molecule has 4 nitrogen and oxygen atoms in total. The third kappa shape index (κ3) is 2.47. The van der Waals surface area contributed by atoms with Crippen LogP contribution in [0.2, 0.25) is 0 Å². The summed E-state index contributed by atoms with van der Waals surface area (Å²) in [5, 5.41) is 11.6. The molecule has 0 aliphatic carbocycles. The molecule has 0 N–H and O–H groups in total. The van der Waals surface area contributed by atoms with Gasteiger partial charge in [-0.15, -0.1) is 0 Å². The highest BCUT2D eigenvalue weighted by Crippen LogP contribution is 2.32. The number of carbonyl (C=O) groups is 1. The first-order valence-electron chi connectivity index (χ1n) is 5.00. The van der Waals surface area contributed by atoms with Crippen LogP contribution in [-0.2, 0) is 6.18 Å². The van der Waals surface area contributed by atoms with Crippen molar-refractivity contribution in [3.05, 3.63) is 52.9 Å². The summed E-state index contributed by atoms with van der Waals surface area (Å²) >= 11 is 0. The van der Waals surface area contributed by atoms with Gasteiger partial charge in [-0.2, -0.15) is 18.4 Å². The molecule has 0 atom stereocenters. The fourth-order valence-electron chi connectivity index (χ4n) is 1.43. The summed E-state index contributed by atoms with van der Waals surface area (Å²) in [6.45, 7) is 0. The number of aromatic nitrogens is 1. The molecule has 1 heterocycles. The average molecular weight is 266 g/mol. The van der Waals surface area contributed by atoms with Crippen LogP contribution in [0.1, 0.15) is 27.2 Å². The third-order valence-electron chi connectivity index (χ3n) is 2.36. The zero-order chi connectivity index (χ0) is 14.0. The van der Waals surface area contributed by atoms with Gasteiger partial charge < -0.3 is 4.52 Å². The van der Waals surface area contributed by atoms with Gasteiger partial charge in [0.05, 0.1) is 17.8 Å². The standard InChI is InChI=1S/C12H5F3N2O2/c13-12(14,15)9-6-17-19-11(9)10(18)8-3-1-7(5-16)2-4-8/h1-4,6H. The molecule has 0 bridgehead atoms. The van der Waals surface area contributed by atoms with Crippen molar-refractivity contribution in [3.63, 3.8) is 0 Å². The third-order valence-corrected chi connectivity index (χ3v) is 2.36. The maximum atomic E-state index is 12.6. The number of ketones is 1. The summed E-state index contributed by atoms with van der Waals surface area (Å²) in [6.07, 6.45) is -4.26. The lowest BCUT2D eigenvalue weighted by Gasteiger charge is -2.04. The molecule has 0 spiro atoms. The van der Waals surface area contributed by atoms with E-state index in [1.807, 2.05) is 6.07 Å². The molecule has 0 aliphatic heterocycles. The number of rotatable bonds is 2. The van der Waals surface area contributed by atoms with Gasteiger partial charge in [-0.3, -0.25) is 4.79 Å². The normalized spacial score (nSPS) is 11.1. The van der Waals surface area contributed by atoms with Crippen LogP contribution in [0.4, 0.5) is 13.2 Å². The highest BCUT2D eigenvalue weighted by atomic mass is 19.4. The molecule has 0 saturated carbocycles. The molecule has 1 aromatic heterocycles. The second-order valence-corrected chi connectivity index (χ2v) is 3.58. The van der Waals surface area contributed by atoms with Crippen molar-refractivity contribution in [1.82, 2.24) is 5.16 Å².